The van der Waals surface area contributed by atoms with Crippen LogP contribution in [0.2, 0.25) is 0 Å². The van der Waals surface area contributed by atoms with E-state index in [1.54, 1.807) is 13.3 Å². The van der Waals surface area contributed by atoms with Gasteiger partial charge in [0.05, 0.1) is 12.2 Å². The van der Waals surface area contributed by atoms with Crippen molar-refractivity contribution in [1.29, 1.82) is 0 Å². The van der Waals surface area contributed by atoms with Crippen LogP contribution in [0, 0.1) is 5.92 Å². The molecule has 1 atom stereocenters. The van der Waals surface area contributed by atoms with Crippen LogP contribution in [0.1, 0.15) is 17.8 Å². The minimum absolute atomic E-state index is 0.508. The van der Waals surface area contributed by atoms with Gasteiger partial charge in [0.25, 0.3) is 5.89 Å². The maximum Gasteiger partial charge on any atom is 0.259 e. The third kappa shape index (κ3) is 3.75. The molecule has 0 spiro atoms. The summed E-state index contributed by atoms with van der Waals surface area (Å²) in [6.07, 6.45) is 3.60. The largest absolute Gasteiger partial charge is 0.384 e. The summed E-state index contributed by atoms with van der Waals surface area (Å²) in [6.45, 7) is 2.81. The van der Waals surface area contributed by atoms with Gasteiger partial charge in [0.15, 0.2) is 5.82 Å². The van der Waals surface area contributed by atoms with Gasteiger partial charge in [-0.15, -0.1) is 0 Å². The first-order valence-electron chi connectivity index (χ1n) is 8.88. The third-order valence-corrected chi connectivity index (χ3v) is 4.68. The van der Waals surface area contributed by atoms with Gasteiger partial charge in [0, 0.05) is 38.7 Å². The van der Waals surface area contributed by atoms with E-state index in [4.69, 9.17) is 9.26 Å². The van der Waals surface area contributed by atoms with Gasteiger partial charge < -0.3 is 14.2 Å². The molecule has 0 aliphatic carbocycles. The van der Waals surface area contributed by atoms with Crippen molar-refractivity contribution < 1.29 is 9.26 Å². The van der Waals surface area contributed by atoms with Crippen LogP contribution in [0.3, 0.4) is 0 Å². The quantitative estimate of drug-likeness (QED) is 0.680. The van der Waals surface area contributed by atoms with Crippen LogP contribution in [0.5, 0.6) is 0 Å². The molecule has 0 radical (unpaired) electrons. The lowest BCUT2D eigenvalue weighted by atomic mass is 10.1. The number of pyridine rings is 1. The number of rotatable bonds is 6. The van der Waals surface area contributed by atoms with Crippen molar-refractivity contribution in [3.63, 3.8) is 0 Å². The van der Waals surface area contributed by atoms with Crippen molar-refractivity contribution in [2.24, 2.45) is 5.92 Å². The SMILES string of the molecule is COCC1CCN(c2ccc(-c3nc(Cc4ccccc4)no3)cn2)C1. The van der Waals surface area contributed by atoms with E-state index in [2.05, 4.69) is 32.2 Å². The van der Waals surface area contributed by atoms with Crippen molar-refractivity contribution in [2.75, 3.05) is 31.7 Å². The Balaban J connectivity index is 1.43. The van der Waals surface area contributed by atoms with E-state index in [0.29, 0.717) is 24.1 Å². The molecule has 0 saturated carbocycles. The molecule has 134 valence electrons. The molecular weight excluding hydrogens is 328 g/mol. The van der Waals surface area contributed by atoms with E-state index in [1.807, 2.05) is 30.3 Å². The fourth-order valence-electron chi connectivity index (χ4n) is 3.33. The van der Waals surface area contributed by atoms with Gasteiger partial charge in [0.1, 0.15) is 5.82 Å². The first-order chi connectivity index (χ1) is 12.8. The van der Waals surface area contributed by atoms with Crippen LogP contribution in [0.15, 0.2) is 53.2 Å². The molecule has 4 rings (SSSR count). The Bertz CT molecular complexity index is 833. The van der Waals surface area contributed by atoms with E-state index in [9.17, 15) is 0 Å². The van der Waals surface area contributed by atoms with E-state index < -0.39 is 0 Å². The number of nitrogens with zero attached hydrogens (tertiary/aromatic N) is 4. The second-order valence-corrected chi connectivity index (χ2v) is 6.64. The average Bonchev–Trinajstić information content (AvgIpc) is 3.33. The molecule has 3 heterocycles. The van der Waals surface area contributed by atoms with Gasteiger partial charge in [-0.3, -0.25) is 0 Å². The Hall–Kier alpha value is -2.73. The number of hydrogen-bond donors (Lipinski definition) is 0. The van der Waals surface area contributed by atoms with Crippen molar-refractivity contribution in [3.8, 4) is 11.5 Å². The van der Waals surface area contributed by atoms with Crippen LogP contribution in [-0.2, 0) is 11.2 Å². The Kier molecular flexibility index (Phi) is 4.93. The highest BCUT2D eigenvalue weighted by Crippen LogP contribution is 2.24. The Morgan fingerprint density at radius 1 is 1.19 bits per heavy atom. The first kappa shape index (κ1) is 16.7. The molecule has 0 bridgehead atoms. The van der Waals surface area contributed by atoms with E-state index in [-0.39, 0.29) is 0 Å². The normalized spacial score (nSPS) is 17.0. The number of anilines is 1. The van der Waals surface area contributed by atoms with Crippen LogP contribution < -0.4 is 4.90 Å². The summed E-state index contributed by atoms with van der Waals surface area (Å²) < 4.78 is 10.7. The molecular formula is C20H22N4O2. The zero-order chi connectivity index (χ0) is 17.8. The van der Waals surface area contributed by atoms with Crippen molar-refractivity contribution in [3.05, 3.63) is 60.0 Å². The first-order valence-corrected chi connectivity index (χ1v) is 8.88. The number of aromatic nitrogens is 3. The summed E-state index contributed by atoms with van der Waals surface area (Å²) in [6, 6.07) is 14.1. The van der Waals surface area contributed by atoms with Crippen molar-refractivity contribution in [2.45, 2.75) is 12.8 Å². The van der Waals surface area contributed by atoms with Gasteiger partial charge in [-0.2, -0.15) is 4.98 Å². The number of methoxy groups -OCH3 is 1. The van der Waals surface area contributed by atoms with Crippen LogP contribution in [0.25, 0.3) is 11.5 Å². The van der Waals surface area contributed by atoms with Crippen LogP contribution >= 0.6 is 0 Å². The number of hydrogen-bond acceptors (Lipinski definition) is 6. The lowest BCUT2D eigenvalue weighted by Crippen LogP contribution is -2.21. The Labute approximate surface area is 152 Å². The monoisotopic (exact) mass is 350 g/mol. The minimum Gasteiger partial charge on any atom is -0.384 e. The maximum atomic E-state index is 5.41. The summed E-state index contributed by atoms with van der Waals surface area (Å²) in [5, 5.41) is 4.08. The molecule has 6 nitrogen and oxygen atoms in total. The molecule has 0 amide bonds. The zero-order valence-electron chi connectivity index (χ0n) is 14.8. The van der Waals surface area contributed by atoms with Gasteiger partial charge in [-0.05, 0) is 24.1 Å². The topological polar surface area (TPSA) is 64.3 Å². The summed E-state index contributed by atoms with van der Waals surface area (Å²) in [7, 11) is 1.76. The van der Waals surface area contributed by atoms with E-state index >= 15 is 0 Å². The zero-order valence-corrected chi connectivity index (χ0v) is 14.8. The lowest BCUT2D eigenvalue weighted by molar-refractivity contribution is 0.161. The standard InChI is InChI=1S/C20H22N4O2/c1-25-14-16-9-10-24(13-16)19-8-7-17(12-21-19)20-22-18(23-26-20)11-15-5-3-2-4-6-15/h2-8,12,16H,9-11,13-14H2,1H3. The van der Waals surface area contributed by atoms with Crippen molar-refractivity contribution >= 4 is 5.82 Å². The third-order valence-electron chi connectivity index (χ3n) is 4.68. The lowest BCUT2D eigenvalue weighted by Gasteiger charge is -2.17. The molecule has 1 aliphatic rings. The number of benzene rings is 1. The van der Waals surface area contributed by atoms with Crippen molar-refractivity contribution in [1.82, 2.24) is 15.1 Å². The highest BCUT2D eigenvalue weighted by atomic mass is 16.5. The Morgan fingerprint density at radius 2 is 2.08 bits per heavy atom. The second kappa shape index (κ2) is 7.66. The van der Waals surface area contributed by atoms with Crippen LogP contribution in [0.4, 0.5) is 5.82 Å². The molecule has 1 saturated heterocycles. The second-order valence-electron chi connectivity index (χ2n) is 6.64. The highest BCUT2D eigenvalue weighted by molar-refractivity contribution is 5.55. The Morgan fingerprint density at radius 3 is 2.85 bits per heavy atom. The fourth-order valence-corrected chi connectivity index (χ4v) is 3.33. The summed E-state index contributed by atoms with van der Waals surface area (Å²) in [4.78, 5) is 11.4. The molecule has 0 N–H and O–H groups in total. The summed E-state index contributed by atoms with van der Waals surface area (Å²) >= 11 is 0. The molecule has 3 aromatic rings. The fraction of sp³-hybridized carbons (Fsp3) is 0.350. The maximum absolute atomic E-state index is 5.41. The molecule has 26 heavy (non-hydrogen) atoms. The minimum atomic E-state index is 0.508. The molecule has 6 heteroatoms. The molecule has 1 aliphatic heterocycles. The molecule has 1 fully saturated rings. The smallest absolute Gasteiger partial charge is 0.259 e. The predicted octanol–water partition coefficient (Wildman–Crippen LogP) is 3.20. The predicted molar refractivity (Wildman–Crippen MR) is 99.0 cm³/mol. The van der Waals surface area contributed by atoms with Gasteiger partial charge in [-0.1, -0.05) is 35.5 Å². The summed E-state index contributed by atoms with van der Waals surface area (Å²) in [5.74, 6) is 2.75. The molecule has 2 aromatic heterocycles. The van der Waals surface area contributed by atoms with E-state index in [1.165, 1.54) is 0 Å². The number of ether oxygens (including phenoxy) is 1. The average molecular weight is 350 g/mol. The summed E-state index contributed by atoms with van der Waals surface area (Å²) in [5.41, 5.74) is 2.00. The highest BCUT2D eigenvalue weighted by Gasteiger charge is 2.23. The van der Waals surface area contributed by atoms with Gasteiger partial charge >= 0.3 is 0 Å². The van der Waals surface area contributed by atoms with Crippen LogP contribution in [-0.4, -0.2) is 41.9 Å². The molecule has 1 unspecified atom stereocenters. The van der Waals surface area contributed by atoms with Gasteiger partial charge in [-0.25, -0.2) is 4.98 Å². The molecule has 1 aromatic carbocycles. The van der Waals surface area contributed by atoms with E-state index in [0.717, 1.165) is 43.1 Å². The van der Waals surface area contributed by atoms with Gasteiger partial charge in [0.2, 0.25) is 0 Å².